The predicted molar refractivity (Wildman–Crippen MR) is 108 cm³/mol. The average molecular weight is 377 g/mol. The SMILES string of the molecule is Cc1nc(NC(=O)NCCOc2ccccc2)sc1C#Cc1ccccc1. The van der Waals surface area contributed by atoms with Crippen molar-refractivity contribution in [1.29, 1.82) is 0 Å². The van der Waals surface area contributed by atoms with Gasteiger partial charge in [-0.1, -0.05) is 53.7 Å². The third-order valence-corrected chi connectivity index (χ3v) is 4.50. The summed E-state index contributed by atoms with van der Waals surface area (Å²) < 4.78 is 5.53. The van der Waals surface area contributed by atoms with Crippen LogP contribution >= 0.6 is 11.3 Å². The second-order valence-electron chi connectivity index (χ2n) is 5.59. The Morgan fingerprint density at radius 1 is 1.07 bits per heavy atom. The summed E-state index contributed by atoms with van der Waals surface area (Å²) in [5.41, 5.74) is 1.74. The molecule has 0 aliphatic rings. The summed E-state index contributed by atoms with van der Waals surface area (Å²) in [7, 11) is 0. The number of aromatic nitrogens is 1. The van der Waals surface area contributed by atoms with Crippen molar-refractivity contribution < 1.29 is 9.53 Å². The van der Waals surface area contributed by atoms with Gasteiger partial charge in [-0.15, -0.1) is 0 Å². The molecule has 5 nitrogen and oxygen atoms in total. The number of urea groups is 1. The Balaban J connectivity index is 1.48. The van der Waals surface area contributed by atoms with E-state index in [-0.39, 0.29) is 6.03 Å². The van der Waals surface area contributed by atoms with Crippen molar-refractivity contribution in [3.63, 3.8) is 0 Å². The molecule has 3 aromatic rings. The van der Waals surface area contributed by atoms with E-state index in [2.05, 4.69) is 27.5 Å². The lowest BCUT2D eigenvalue weighted by molar-refractivity contribution is 0.247. The Morgan fingerprint density at radius 3 is 2.52 bits per heavy atom. The molecule has 136 valence electrons. The summed E-state index contributed by atoms with van der Waals surface area (Å²) in [4.78, 5) is 17.2. The molecule has 0 fully saturated rings. The van der Waals surface area contributed by atoms with E-state index in [1.807, 2.05) is 67.6 Å². The Kier molecular flexibility index (Phi) is 6.45. The number of amides is 2. The van der Waals surface area contributed by atoms with E-state index in [1.54, 1.807) is 0 Å². The molecule has 0 aliphatic heterocycles. The van der Waals surface area contributed by atoms with Gasteiger partial charge in [-0.2, -0.15) is 0 Å². The molecular weight excluding hydrogens is 358 g/mol. The average Bonchev–Trinajstić information content (AvgIpc) is 3.04. The molecule has 0 spiro atoms. The summed E-state index contributed by atoms with van der Waals surface area (Å²) in [5.74, 6) is 6.98. The van der Waals surface area contributed by atoms with E-state index >= 15 is 0 Å². The maximum absolute atomic E-state index is 12.0. The van der Waals surface area contributed by atoms with Gasteiger partial charge in [0.25, 0.3) is 0 Å². The Labute approximate surface area is 162 Å². The number of benzene rings is 2. The molecule has 0 unspecified atom stereocenters. The molecule has 3 rings (SSSR count). The van der Waals surface area contributed by atoms with Crippen LogP contribution in [0, 0.1) is 18.8 Å². The number of nitrogens with one attached hydrogen (secondary N) is 2. The second-order valence-corrected chi connectivity index (χ2v) is 6.59. The number of nitrogens with zero attached hydrogens (tertiary/aromatic N) is 1. The number of thiazole rings is 1. The van der Waals surface area contributed by atoms with Gasteiger partial charge in [0.2, 0.25) is 0 Å². The van der Waals surface area contributed by atoms with E-state index in [9.17, 15) is 4.79 Å². The Bertz CT molecular complexity index is 944. The number of carbonyl (C=O) groups excluding carboxylic acids is 1. The highest BCUT2D eigenvalue weighted by Gasteiger charge is 2.08. The van der Waals surface area contributed by atoms with Crippen LogP contribution in [0.4, 0.5) is 9.93 Å². The summed E-state index contributed by atoms with van der Waals surface area (Å²) in [6.07, 6.45) is 0. The van der Waals surface area contributed by atoms with Gasteiger partial charge < -0.3 is 10.1 Å². The van der Waals surface area contributed by atoms with Crippen molar-refractivity contribution in [3.05, 3.63) is 76.8 Å². The van der Waals surface area contributed by atoms with Crippen LogP contribution in [0.25, 0.3) is 0 Å². The highest BCUT2D eigenvalue weighted by molar-refractivity contribution is 7.16. The number of hydrogen-bond donors (Lipinski definition) is 2. The number of ether oxygens (including phenoxy) is 1. The molecule has 1 heterocycles. The number of aryl methyl sites for hydroxylation is 1. The van der Waals surface area contributed by atoms with E-state index in [4.69, 9.17) is 4.74 Å². The molecule has 6 heteroatoms. The first kappa shape index (κ1) is 18.5. The molecule has 0 aliphatic carbocycles. The van der Waals surface area contributed by atoms with Crippen LogP contribution in [0.15, 0.2) is 60.7 Å². The molecule has 0 atom stereocenters. The first-order valence-corrected chi connectivity index (χ1v) is 9.29. The Hall–Kier alpha value is -3.30. The summed E-state index contributed by atoms with van der Waals surface area (Å²) >= 11 is 1.36. The summed E-state index contributed by atoms with van der Waals surface area (Å²) in [6.45, 7) is 2.66. The lowest BCUT2D eigenvalue weighted by Gasteiger charge is -2.07. The molecule has 2 aromatic carbocycles. The first-order valence-electron chi connectivity index (χ1n) is 8.48. The van der Waals surface area contributed by atoms with E-state index in [1.165, 1.54) is 11.3 Å². The fourth-order valence-electron chi connectivity index (χ4n) is 2.21. The van der Waals surface area contributed by atoms with Crippen LogP contribution in [0.1, 0.15) is 16.1 Å². The number of para-hydroxylation sites is 1. The molecule has 0 radical (unpaired) electrons. The van der Waals surface area contributed by atoms with Crippen LogP contribution in [-0.2, 0) is 0 Å². The lowest BCUT2D eigenvalue weighted by Crippen LogP contribution is -2.32. The van der Waals surface area contributed by atoms with Crippen molar-refractivity contribution >= 4 is 22.5 Å². The smallest absolute Gasteiger partial charge is 0.321 e. The monoisotopic (exact) mass is 377 g/mol. The summed E-state index contributed by atoms with van der Waals surface area (Å²) in [5, 5.41) is 6.00. The highest BCUT2D eigenvalue weighted by atomic mass is 32.1. The number of carbonyl (C=O) groups is 1. The van der Waals surface area contributed by atoms with Gasteiger partial charge in [0.1, 0.15) is 17.2 Å². The number of hydrogen-bond acceptors (Lipinski definition) is 4. The minimum absolute atomic E-state index is 0.317. The van der Waals surface area contributed by atoms with E-state index in [0.717, 1.165) is 21.9 Å². The van der Waals surface area contributed by atoms with Crippen LogP contribution in [0.3, 0.4) is 0 Å². The number of anilines is 1. The largest absolute Gasteiger partial charge is 0.492 e. The molecule has 2 amide bonds. The Morgan fingerprint density at radius 2 is 1.78 bits per heavy atom. The predicted octanol–water partition coefficient (Wildman–Crippen LogP) is 4.05. The van der Waals surface area contributed by atoms with Crippen LogP contribution < -0.4 is 15.4 Å². The zero-order valence-electron chi connectivity index (χ0n) is 14.9. The van der Waals surface area contributed by atoms with Gasteiger partial charge in [-0.25, -0.2) is 9.78 Å². The van der Waals surface area contributed by atoms with E-state index < -0.39 is 0 Å². The molecule has 1 aromatic heterocycles. The zero-order valence-corrected chi connectivity index (χ0v) is 15.7. The second kappa shape index (κ2) is 9.41. The topological polar surface area (TPSA) is 63.2 Å². The van der Waals surface area contributed by atoms with Gasteiger partial charge in [0.15, 0.2) is 5.13 Å². The normalized spacial score (nSPS) is 9.81. The van der Waals surface area contributed by atoms with Crippen molar-refractivity contribution in [3.8, 4) is 17.6 Å². The van der Waals surface area contributed by atoms with Crippen LogP contribution in [0.2, 0.25) is 0 Å². The van der Waals surface area contributed by atoms with Gasteiger partial charge in [-0.3, -0.25) is 5.32 Å². The van der Waals surface area contributed by atoms with Gasteiger partial charge in [0.05, 0.1) is 12.2 Å². The first-order chi connectivity index (χ1) is 13.2. The molecule has 2 N–H and O–H groups in total. The minimum Gasteiger partial charge on any atom is -0.492 e. The third-order valence-electron chi connectivity index (χ3n) is 3.51. The maximum Gasteiger partial charge on any atom is 0.321 e. The molecular formula is C21H19N3O2S. The molecule has 0 saturated carbocycles. The molecule has 27 heavy (non-hydrogen) atoms. The lowest BCUT2D eigenvalue weighted by atomic mass is 10.2. The highest BCUT2D eigenvalue weighted by Crippen LogP contribution is 2.21. The zero-order chi connectivity index (χ0) is 18.9. The number of rotatable bonds is 5. The standard InChI is InChI=1S/C21H19N3O2S/c1-16-19(13-12-17-8-4-2-5-9-17)27-21(23-16)24-20(25)22-14-15-26-18-10-6-3-7-11-18/h2-11H,14-15H2,1H3,(H2,22,23,24,25). The fourth-order valence-corrected chi connectivity index (χ4v) is 3.02. The van der Waals surface area contributed by atoms with Crippen molar-refractivity contribution in [2.45, 2.75) is 6.92 Å². The van der Waals surface area contributed by atoms with E-state index in [0.29, 0.717) is 18.3 Å². The third kappa shape index (κ3) is 5.87. The molecule has 0 saturated heterocycles. The molecule has 0 bridgehead atoms. The van der Waals surface area contributed by atoms with Crippen molar-refractivity contribution in [1.82, 2.24) is 10.3 Å². The minimum atomic E-state index is -0.317. The van der Waals surface area contributed by atoms with Crippen molar-refractivity contribution in [2.24, 2.45) is 0 Å². The fraction of sp³-hybridized carbons (Fsp3) is 0.143. The van der Waals surface area contributed by atoms with Gasteiger partial charge >= 0.3 is 6.03 Å². The van der Waals surface area contributed by atoms with Gasteiger partial charge in [-0.05, 0) is 37.1 Å². The summed E-state index contributed by atoms with van der Waals surface area (Å²) in [6, 6.07) is 18.9. The maximum atomic E-state index is 12.0. The van der Waals surface area contributed by atoms with Crippen molar-refractivity contribution in [2.75, 3.05) is 18.5 Å². The van der Waals surface area contributed by atoms with Gasteiger partial charge in [0, 0.05) is 5.56 Å². The quantitative estimate of drug-likeness (QED) is 0.521. The van der Waals surface area contributed by atoms with Crippen LogP contribution in [-0.4, -0.2) is 24.2 Å². The van der Waals surface area contributed by atoms with Crippen LogP contribution in [0.5, 0.6) is 5.75 Å².